The summed E-state index contributed by atoms with van der Waals surface area (Å²) in [5.74, 6) is -1.18. The van der Waals surface area contributed by atoms with Crippen LogP contribution in [0.3, 0.4) is 0 Å². The largest absolute Gasteiger partial charge is 0.467 e. The zero-order valence-corrected chi connectivity index (χ0v) is 14.9. The van der Waals surface area contributed by atoms with Crippen LogP contribution >= 0.6 is 0 Å². The van der Waals surface area contributed by atoms with E-state index in [0.717, 1.165) is 0 Å². The summed E-state index contributed by atoms with van der Waals surface area (Å²) in [4.78, 5) is 23.6. The molecule has 1 amide bonds. The molecule has 1 unspecified atom stereocenters. The second kappa shape index (κ2) is 9.39. The average Bonchev–Trinajstić information content (AvgIpc) is 2.52. The Kier molecular flexibility index (Phi) is 7.87. The minimum absolute atomic E-state index is 0.171. The van der Waals surface area contributed by atoms with Gasteiger partial charge in [-0.2, -0.15) is 0 Å². The van der Waals surface area contributed by atoms with Crippen molar-refractivity contribution in [1.82, 2.24) is 10.0 Å². The fourth-order valence-electron chi connectivity index (χ4n) is 2.09. The molecule has 1 aromatic rings. The molecule has 0 saturated heterocycles. The quantitative estimate of drug-likeness (QED) is 0.638. The second-order valence-electron chi connectivity index (χ2n) is 5.84. The van der Waals surface area contributed by atoms with Crippen molar-refractivity contribution < 1.29 is 22.7 Å². The number of carbonyl (C=O) groups excluding carboxylic acids is 2. The van der Waals surface area contributed by atoms with Gasteiger partial charge in [-0.05, 0) is 17.9 Å². The topological polar surface area (TPSA) is 102 Å². The normalized spacial score (nSPS) is 12.7. The highest BCUT2D eigenvalue weighted by Gasteiger charge is 2.23. The predicted octanol–water partition coefficient (Wildman–Crippen LogP) is 0.810. The highest BCUT2D eigenvalue weighted by molar-refractivity contribution is 7.88. The van der Waals surface area contributed by atoms with Gasteiger partial charge in [-0.1, -0.05) is 44.2 Å². The van der Waals surface area contributed by atoms with Crippen LogP contribution in [-0.4, -0.2) is 40.0 Å². The molecule has 1 rings (SSSR count). The van der Waals surface area contributed by atoms with Gasteiger partial charge in [-0.25, -0.2) is 17.9 Å². The SMILES string of the molecule is COC(=O)C(CC(C)C)NC(=O)CNS(=O)(=O)Cc1ccccc1. The van der Waals surface area contributed by atoms with E-state index in [1.807, 2.05) is 13.8 Å². The number of hydrogen-bond acceptors (Lipinski definition) is 5. The molecule has 0 aliphatic rings. The molecule has 24 heavy (non-hydrogen) atoms. The number of ether oxygens (including phenoxy) is 1. The molecule has 134 valence electrons. The van der Waals surface area contributed by atoms with Gasteiger partial charge in [0.25, 0.3) is 0 Å². The maximum absolute atomic E-state index is 12.0. The standard InChI is InChI=1S/C16H24N2O5S/c1-12(2)9-14(16(20)23-3)18-15(19)10-17-24(21,22)11-13-7-5-4-6-8-13/h4-8,12,14,17H,9-11H2,1-3H3,(H,18,19). The minimum atomic E-state index is -3.64. The van der Waals surface area contributed by atoms with E-state index in [1.54, 1.807) is 30.3 Å². The first-order valence-corrected chi connectivity index (χ1v) is 9.27. The van der Waals surface area contributed by atoms with Gasteiger partial charge in [0.05, 0.1) is 19.4 Å². The lowest BCUT2D eigenvalue weighted by atomic mass is 10.0. The van der Waals surface area contributed by atoms with Crippen molar-refractivity contribution in [3.05, 3.63) is 35.9 Å². The Morgan fingerprint density at radius 2 is 1.79 bits per heavy atom. The van der Waals surface area contributed by atoms with Gasteiger partial charge in [0, 0.05) is 0 Å². The zero-order chi connectivity index (χ0) is 18.2. The fraction of sp³-hybridized carbons (Fsp3) is 0.500. The molecule has 0 saturated carbocycles. The third kappa shape index (κ3) is 7.56. The first-order valence-electron chi connectivity index (χ1n) is 7.62. The Morgan fingerprint density at radius 1 is 1.17 bits per heavy atom. The Morgan fingerprint density at radius 3 is 2.33 bits per heavy atom. The van der Waals surface area contributed by atoms with Gasteiger partial charge in [-0.15, -0.1) is 0 Å². The van der Waals surface area contributed by atoms with Crippen LogP contribution in [0.15, 0.2) is 30.3 Å². The van der Waals surface area contributed by atoms with Crippen LogP contribution in [0.5, 0.6) is 0 Å². The number of sulfonamides is 1. The van der Waals surface area contributed by atoms with E-state index >= 15 is 0 Å². The van der Waals surface area contributed by atoms with E-state index in [4.69, 9.17) is 0 Å². The molecule has 0 heterocycles. The molecular formula is C16H24N2O5S. The van der Waals surface area contributed by atoms with Crippen LogP contribution in [-0.2, 0) is 30.1 Å². The van der Waals surface area contributed by atoms with Crippen molar-refractivity contribution in [2.75, 3.05) is 13.7 Å². The molecule has 0 radical (unpaired) electrons. The monoisotopic (exact) mass is 356 g/mol. The molecule has 0 aromatic heterocycles. The van der Waals surface area contributed by atoms with Gasteiger partial charge < -0.3 is 10.1 Å². The molecule has 1 aromatic carbocycles. The van der Waals surface area contributed by atoms with E-state index in [9.17, 15) is 18.0 Å². The highest BCUT2D eigenvalue weighted by atomic mass is 32.2. The average molecular weight is 356 g/mol. The minimum Gasteiger partial charge on any atom is -0.467 e. The molecule has 0 bridgehead atoms. The Balaban J connectivity index is 2.55. The summed E-state index contributed by atoms with van der Waals surface area (Å²) in [5.41, 5.74) is 0.623. The van der Waals surface area contributed by atoms with Crippen molar-refractivity contribution in [2.45, 2.75) is 32.1 Å². The van der Waals surface area contributed by atoms with Gasteiger partial charge in [0.1, 0.15) is 6.04 Å². The summed E-state index contributed by atoms with van der Waals surface area (Å²) in [6.07, 6.45) is 0.412. The summed E-state index contributed by atoms with van der Waals surface area (Å²) < 4.78 is 30.8. The van der Waals surface area contributed by atoms with Gasteiger partial charge in [0.2, 0.25) is 15.9 Å². The number of methoxy groups -OCH3 is 1. The third-order valence-corrected chi connectivity index (χ3v) is 4.48. The number of hydrogen-bond donors (Lipinski definition) is 2. The fourth-order valence-corrected chi connectivity index (χ4v) is 3.18. The van der Waals surface area contributed by atoms with Crippen molar-refractivity contribution in [3.63, 3.8) is 0 Å². The third-order valence-electron chi connectivity index (χ3n) is 3.18. The van der Waals surface area contributed by atoms with Gasteiger partial charge in [0.15, 0.2) is 0 Å². The lowest BCUT2D eigenvalue weighted by Gasteiger charge is -2.18. The highest BCUT2D eigenvalue weighted by Crippen LogP contribution is 2.06. The number of esters is 1. The molecule has 0 aliphatic heterocycles. The predicted molar refractivity (Wildman–Crippen MR) is 90.5 cm³/mol. The first-order chi connectivity index (χ1) is 11.2. The number of rotatable bonds is 9. The number of carbonyl (C=O) groups is 2. The van der Waals surface area contributed by atoms with Crippen molar-refractivity contribution in [3.8, 4) is 0 Å². The molecule has 8 heteroatoms. The van der Waals surface area contributed by atoms with Crippen molar-refractivity contribution in [1.29, 1.82) is 0 Å². The molecular weight excluding hydrogens is 332 g/mol. The molecule has 2 N–H and O–H groups in total. The van der Waals surface area contributed by atoms with E-state index < -0.39 is 34.5 Å². The molecule has 1 atom stereocenters. The molecule has 7 nitrogen and oxygen atoms in total. The Bertz CT molecular complexity index is 644. The summed E-state index contributed by atoms with van der Waals surface area (Å²) in [5, 5.41) is 2.50. The van der Waals surface area contributed by atoms with E-state index in [-0.39, 0.29) is 11.7 Å². The van der Waals surface area contributed by atoms with E-state index in [0.29, 0.717) is 12.0 Å². The van der Waals surface area contributed by atoms with Crippen molar-refractivity contribution in [2.24, 2.45) is 5.92 Å². The van der Waals surface area contributed by atoms with Crippen LogP contribution < -0.4 is 10.0 Å². The molecule has 0 spiro atoms. The van der Waals surface area contributed by atoms with Gasteiger partial charge in [-0.3, -0.25) is 4.79 Å². The smallest absolute Gasteiger partial charge is 0.328 e. The summed E-state index contributed by atoms with van der Waals surface area (Å²) in [7, 11) is -2.40. The van der Waals surface area contributed by atoms with E-state index in [2.05, 4.69) is 14.8 Å². The lowest BCUT2D eigenvalue weighted by Crippen LogP contribution is -2.46. The lowest BCUT2D eigenvalue weighted by molar-refractivity contribution is -0.145. The maximum atomic E-state index is 12.0. The van der Waals surface area contributed by atoms with Crippen LogP contribution in [0.4, 0.5) is 0 Å². The molecule has 0 aliphatic carbocycles. The second-order valence-corrected chi connectivity index (χ2v) is 7.65. The maximum Gasteiger partial charge on any atom is 0.328 e. The summed E-state index contributed by atoms with van der Waals surface area (Å²) in [6.45, 7) is 3.39. The van der Waals surface area contributed by atoms with E-state index in [1.165, 1.54) is 7.11 Å². The van der Waals surface area contributed by atoms with Gasteiger partial charge >= 0.3 is 5.97 Å². The Hall–Kier alpha value is -1.93. The number of amides is 1. The Labute approximate surface area is 142 Å². The van der Waals surface area contributed by atoms with Crippen LogP contribution in [0, 0.1) is 5.92 Å². The van der Waals surface area contributed by atoms with Crippen LogP contribution in [0.2, 0.25) is 0 Å². The summed E-state index contributed by atoms with van der Waals surface area (Å²) >= 11 is 0. The van der Waals surface area contributed by atoms with Crippen LogP contribution in [0.1, 0.15) is 25.8 Å². The number of benzene rings is 1. The number of nitrogens with one attached hydrogen (secondary N) is 2. The zero-order valence-electron chi connectivity index (χ0n) is 14.1. The van der Waals surface area contributed by atoms with Crippen LogP contribution in [0.25, 0.3) is 0 Å². The molecule has 0 fully saturated rings. The summed E-state index contributed by atoms with van der Waals surface area (Å²) in [6, 6.07) is 7.86. The first kappa shape index (κ1) is 20.1. The van der Waals surface area contributed by atoms with Crippen molar-refractivity contribution >= 4 is 21.9 Å².